The second kappa shape index (κ2) is 13.7. The fraction of sp³-hybridized carbons (Fsp3) is 0.875. The minimum atomic E-state index is -0.551. The fourth-order valence-corrected chi connectivity index (χ4v) is 5.74. The standard InChI is InChI=1S/C21H38O2.C6H8O3.C5H8O3/c1-7-20(5,6)18(22)23-21(14-8-9-15-21)17-12-10-16(11-13-17)19(2,3)4;1-3-4(2)6(8)9-5(3)7;1-3-4(2)8-5(6)7-3/h16-17H,7-15H2,1-6H3;3-4H,1-2H3;3-4H,1-2H3. The van der Waals surface area contributed by atoms with Crippen molar-refractivity contribution < 1.29 is 38.1 Å². The van der Waals surface area contributed by atoms with Gasteiger partial charge in [0, 0.05) is 0 Å². The molecule has 0 aromatic carbocycles. The number of ether oxygens (including phenoxy) is 4. The van der Waals surface area contributed by atoms with E-state index in [-0.39, 0.29) is 41.0 Å². The summed E-state index contributed by atoms with van der Waals surface area (Å²) in [5.74, 6) is 0.134. The fourth-order valence-electron chi connectivity index (χ4n) is 5.74. The first-order chi connectivity index (χ1) is 18.4. The van der Waals surface area contributed by atoms with Gasteiger partial charge in [0.2, 0.25) is 0 Å². The number of carbonyl (C=O) groups is 4. The summed E-state index contributed by atoms with van der Waals surface area (Å²) in [6.07, 6.45) is 9.82. The van der Waals surface area contributed by atoms with Crippen molar-refractivity contribution in [1.29, 1.82) is 0 Å². The Bertz CT molecular complexity index is 857. The minimum absolute atomic E-state index is 0.0276. The molecule has 40 heavy (non-hydrogen) atoms. The number of esters is 3. The van der Waals surface area contributed by atoms with Crippen molar-refractivity contribution in [1.82, 2.24) is 0 Å². The maximum absolute atomic E-state index is 12.7. The molecular weight excluding hydrogens is 512 g/mol. The lowest BCUT2D eigenvalue weighted by molar-refractivity contribution is -0.179. The van der Waals surface area contributed by atoms with Crippen LogP contribution in [0.1, 0.15) is 127 Å². The summed E-state index contributed by atoms with van der Waals surface area (Å²) in [4.78, 5) is 44.0. The molecule has 0 amide bonds. The predicted molar refractivity (Wildman–Crippen MR) is 152 cm³/mol. The van der Waals surface area contributed by atoms with Gasteiger partial charge >= 0.3 is 24.1 Å². The molecule has 2 heterocycles. The topological polar surface area (TPSA) is 105 Å². The van der Waals surface area contributed by atoms with Crippen LogP contribution in [-0.2, 0) is 33.3 Å². The van der Waals surface area contributed by atoms with Crippen LogP contribution in [0.3, 0.4) is 0 Å². The molecule has 0 N–H and O–H groups in total. The van der Waals surface area contributed by atoms with Gasteiger partial charge in [-0.15, -0.1) is 0 Å². The summed E-state index contributed by atoms with van der Waals surface area (Å²) in [5, 5.41) is 0. The molecule has 4 rings (SSSR count). The van der Waals surface area contributed by atoms with E-state index < -0.39 is 18.1 Å². The van der Waals surface area contributed by atoms with Crippen LogP contribution in [0.5, 0.6) is 0 Å². The van der Waals surface area contributed by atoms with Gasteiger partial charge in [-0.1, -0.05) is 41.5 Å². The first kappa shape index (κ1) is 34.1. The lowest BCUT2D eigenvalue weighted by Crippen LogP contribution is -2.45. The van der Waals surface area contributed by atoms with Gasteiger partial charge in [0.1, 0.15) is 17.8 Å². The normalized spacial score (nSPS) is 31.6. The molecule has 2 saturated carbocycles. The molecule has 2 saturated heterocycles. The van der Waals surface area contributed by atoms with Crippen LogP contribution in [0.4, 0.5) is 4.79 Å². The number of hydrogen-bond donors (Lipinski definition) is 0. The van der Waals surface area contributed by atoms with Crippen LogP contribution in [0.2, 0.25) is 0 Å². The monoisotopic (exact) mass is 566 g/mol. The molecule has 8 heteroatoms. The van der Waals surface area contributed by atoms with Crippen molar-refractivity contribution in [3.63, 3.8) is 0 Å². The van der Waals surface area contributed by atoms with E-state index in [1.807, 2.05) is 13.8 Å². The second-order valence-corrected chi connectivity index (χ2v) is 14.0. The minimum Gasteiger partial charge on any atom is -0.458 e. The van der Waals surface area contributed by atoms with Crippen molar-refractivity contribution in [2.75, 3.05) is 0 Å². The average Bonchev–Trinajstić information content (AvgIpc) is 3.54. The van der Waals surface area contributed by atoms with Gasteiger partial charge in [-0.25, -0.2) is 4.79 Å². The Morgan fingerprint density at radius 3 is 1.57 bits per heavy atom. The van der Waals surface area contributed by atoms with E-state index in [9.17, 15) is 19.2 Å². The highest BCUT2D eigenvalue weighted by Gasteiger charge is 2.48. The van der Waals surface area contributed by atoms with Gasteiger partial charge in [0.05, 0.1) is 17.3 Å². The van der Waals surface area contributed by atoms with Gasteiger partial charge < -0.3 is 18.9 Å². The smallest absolute Gasteiger partial charge is 0.458 e. The average molecular weight is 567 g/mol. The predicted octanol–water partition coefficient (Wildman–Crippen LogP) is 7.40. The van der Waals surface area contributed by atoms with Crippen molar-refractivity contribution in [2.24, 2.45) is 34.5 Å². The maximum Gasteiger partial charge on any atom is 0.509 e. The molecule has 2 aliphatic carbocycles. The van der Waals surface area contributed by atoms with Crippen molar-refractivity contribution >= 4 is 24.1 Å². The van der Waals surface area contributed by atoms with Gasteiger partial charge in [-0.2, -0.15) is 0 Å². The van der Waals surface area contributed by atoms with E-state index in [1.165, 1.54) is 38.5 Å². The zero-order chi connectivity index (χ0) is 30.5. The Hall–Kier alpha value is -2.12. The Morgan fingerprint density at radius 1 is 0.825 bits per heavy atom. The second-order valence-electron chi connectivity index (χ2n) is 14.0. The SMILES string of the molecule is CC1C(=O)OC(=O)C1C.CC1OC(=O)OC1C.CCC(C)(C)C(=O)OC1(C2CCC(C(C)(C)C)CC2)CCCC1. The van der Waals surface area contributed by atoms with Crippen LogP contribution >= 0.6 is 0 Å². The van der Waals surface area contributed by atoms with Crippen molar-refractivity contribution in [3.8, 4) is 0 Å². The molecule has 2 aliphatic heterocycles. The van der Waals surface area contributed by atoms with Gasteiger partial charge in [-0.3, -0.25) is 14.4 Å². The third-order valence-electron chi connectivity index (χ3n) is 9.80. The third kappa shape index (κ3) is 8.69. The zero-order valence-electron chi connectivity index (χ0n) is 26.6. The summed E-state index contributed by atoms with van der Waals surface area (Å²) in [6, 6.07) is 0. The Labute approximate surface area is 241 Å². The van der Waals surface area contributed by atoms with Gasteiger partial charge in [0.15, 0.2) is 0 Å². The van der Waals surface area contributed by atoms with E-state index in [2.05, 4.69) is 41.9 Å². The number of cyclic esters (lactones) is 4. The zero-order valence-corrected chi connectivity index (χ0v) is 26.6. The molecular formula is C32H54O8. The van der Waals surface area contributed by atoms with Gasteiger partial charge in [-0.05, 0) is 103 Å². The van der Waals surface area contributed by atoms with E-state index in [1.54, 1.807) is 27.7 Å². The summed E-state index contributed by atoms with van der Waals surface area (Å²) in [6.45, 7) is 20.2. The van der Waals surface area contributed by atoms with E-state index in [0.29, 0.717) is 11.3 Å². The lowest BCUT2D eigenvalue weighted by Gasteiger charge is -2.44. The van der Waals surface area contributed by atoms with Crippen molar-refractivity contribution in [3.05, 3.63) is 0 Å². The van der Waals surface area contributed by atoms with Gasteiger partial charge in [0.25, 0.3) is 0 Å². The molecule has 0 bridgehead atoms. The van der Waals surface area contributed by atoms with Crippen LogP contribution < -0.4 is 0 Å². The lowest BCUT2D eigenvalue weighted by atomic mass is 9.66. The van der Waals surface area contributed by atoms with Crippen LogP contribution in [0, 0.1) is 34.5 Å². The highest BCUT2D eigenvalue weighted by atomic mass is 16.8. The third-order valence-corrected chi connectivity index (χ3v) is 9.80. The van der Waals surface area contributed by atoms with E-state index in [4.69, 9.17) is 4.74 Å². The molecule has 0 aromatic rings. The number of carbonyl (C=O) groups excluding carboxylic acids is 4. The van der Waals surface area contributed by atoms with Crippen LogP contribution in [0.15, 0.2) is 0 Å². The number of rotatable bonds is 4. The highest BCUT2D eigenvalue weighted by molar-refractivity contribution is 5.95. The molecule has 0 spiro atoms. The Balaban J connectivity index is 0.000000267. The highest BCUT2D eigenvalue weighted by Crippen LogP contribution is 2.50. The summed E-state index contributed by atoms with van der Waals surface area (Å²) in [7, 11) is 0. The molecule has 0 radical (unpaired) electrons. The quantitative estimate of drug-likeness (QED) is 0.197. The molecule has 4 atom stereocenters. The molecule has 4 unspecified atom stereocenters. The largest absolute Gasteiger partial charge is 0.509 e. The summed E-state index contributed by atoms with van der Waals surface area (Å²) in [5.41, 5.74) is -0.0841. The van der Waals surface area contributed by atoms with E-state index in [0.717, 1.165) is 25.2 Å². The molecule has 4 fully saturated rings. The molecule has 0 aromatic heterocycles. The molecule has 4 aliphatic rings. The molecule has 230 valence electrons. The Kier molecular flexibility index (Phi) is 11.7. The van der Waals surface area contributed by atoms with E-state index >= 15 is 0 Å². The summed E-state index contributed by atoms with van der Waals surface area (Å²) >= 11 is 0. The number of hydrogen-bond acceptors (Lipinski definition) is 8. The summed E-state index contributed by atoms with van der Waals surface area (Å²) < 4.78 is 19.8. The first-order valence-electron chi connectivity index (χ1n) is 15.3. The Morgan fingerprint density at radius 2 is 1.27 bits per heavy atom. The first-order valence-corrected chi connectivity index (χ1v) is 15.3. The van der Waals surface area contributed by atoms with Crippen molar-refractivity contribution in [2.45, 2.75) is 145 Å². The molecule has 8 nitrogen and oxygen atoms in total. The van der Waals surface area contributed by atoms with Crippen LogP contribution in [-0.4, -0.2) is 41.9 Å². The maximum atomic E-state index is 12.7. The van der Waals surface area contributed by atoms with Crippen LogP contribution in [0.25, 0.3) is 0 Å².